The highest BCUT2D eigenvalue weighted by Crippen LogP contribution is 2.35. The molecule has 1 N–H and O–H groups in total. The molecule has 2 aromatic carbocycles. The zero-order valence-electron chi connectivity index (χ0n) is 18.9. The fourth-order valence-corrected chi connectivity index (χ4v) is 5.59. The Bertz CT molecular complexity index is 1120. The van der Waals surface area contributed by atoms with Crippen molar-refractivity contribution in [2.75, 3.05) is 6.54 Å². The molecule has 1 aliphatic heterocycles. The quantitative estimate of drug-likeness (QED) is 0.445. The number of nitrogens with one attached hydrogen (secondary N) is 1. The predicted molar refractivity (Wildman–Crippen MR) is 124 cm³/mol. The van der Waals surface area contributed by atoms with Crippen LogP contribution in [0.15, 0.2) is 53.6 Å². The van der Waals surface area contributed by atoms with Crippen molar-refractivity contribution < 1.29 is 35.9 Å². The van der Waals surface area contributed by atoms with Crippen molar-refractivity contribution in [1.29, 1.82) is 0 Å². The van der Waals surface area contributed by atoms with E-state index in [0.717, 1.165) is 32.1 Å². The maximum absolute atomic E-state index is 13.2. The number of rotatable bonds is 6. The Morgan fingerprint density at radius 3 is 2.36 bits per heavy atom. The number of nitrogens with zero attached hydrogens (tertiary/aromatic N) is 2. The molecule has 2 aliphatic rings. The van der Waals surface area contributed by atoms with E-state index in [0.29, 0.717) is 16.1 Å². The van der Waals surface area contributed by atoms with Gasteiger partial charge in [0.05, 0.1) is 0 Å². The predicted octanol–water partition coefficient (Wildman–Crippen LogP) is 6.30. The molecule has 2 aromatic rings. The van der Waals surface area contributed by atoms with Crippen LogP contribution in [0.1, 0.15) is 37.7 Å². The van der Waals surface area contributed by atoms with Crippen LogP contribution in [0.2, 0.25) is 0 Å². The molecule has 0 radical (unpaired) electrons. The van der Waals surface area contributed by atoms with Crippen molar-refractivity contribution in [2.45, 2.75) is 55.3 Å². The maximum atomic E-state index is 13.2. The van der Waals surface area contributed by atoms with Gasteiger partial charge in [-0.2, -0.15) is 18.3 Å². The second kappa shape index (κ2) is 10.6. The highest BCUT2D eigenvalue weighted by molar-refractivity contribution is 8.01. The van der Waals surface area contributed by atoms with Crippen LogP contribution >= 0.6 is 11.8 Å². The summed E-state index contributed by atoms with van der Waals surface area (Å²) in [6.45, 7) is -1.54. The van der Waals surface area contributed by atoms with Crippen LogP contribution in [0.5, 0.6) is 5.75 Å². The number of benzene rings is 2. The van der Waals surface area contributed by atoms with E-state index in [1.54, 1.807) is 24.3 Å². The number of amidine groups is 1. The number of hydrogen-bond acceptors (Lipinski definition) is 5. The van der Waals surface area contributed by atoms with E-state index in [4.69, 9.17) is 0 Å². The van der Waals surface area contributed by atoms with Crippen LogP contribution in [0, 0.1) is 0 Å². The van der Waals surface area contributed by atoms with Crippen LogP contribution in [0.4, 0.5) is 26.3 Å². The number of thioether (sulfide) groups is 1. The molecule has 194 valence electrons. The van der Waals surface area contributed by atoms with Crippen molar-refractivity contribution in [3.05, 3.63) is 54.1 Å². The second-order valence-corrected chi connectivity index (χ2v) is 9.92. The molecule has 12 heteroatoms. The minimum absolute atomic E-state index is 0.0308. The Kier molecular flexibility index (Phi) is 7.72. The van der Waals surface area contributed by atoms with Gasteiger partial charge in [-0.05, 0) is 30.5 Å². The molecule has 1 heterocycles. The smallest absolute Gasteiger partial charge is 0.405 e. The Morgan fingerprint density at radius 1 is 0.972 bits per heavy atom. The number of ether oxygens (including phenoxy) is 1. The normalized spacial score (nSPS) is 19.6. The van der Waals surface area contributed by atoms with Crippen molar-refractivity contribution in [3.8, 4) is 16.9 Å². The topological polar surface area (TPSA) is 53.9 Å². The van der Waals surface area contributed by atoms with Crippen LogP contribution in [0.3, 0.4) is 0 Å². The number of amides is 1. The molecule has 0 aromatic heterocycles. The van der Waals surface area contributed by atoms with E-state index in [2.05, 4.69) is 15.2 Å². The molecule has 1 aliphatic carbocycles. The molecule has 5 nitrogen and oxygen atoms in total. The summed E-state index contributed by atoms with van der Waals surface area (Å²) in [6, 6.07) is 11.7. The zero-order valence-corrected chi connectivity index (χ0v) is 19.7. The number of halogens is 6. The van der Waals surface area contributed by atoms with Crippen molar-refractivity contribution >= 4 is 23.5 Å². The standard InChI is InChI=1S/C24H23F6N3O2S/c25-23(26,27)14-33-22(34)21(36-17-9-2-1-3-10-17)31-20(32-33)16-8-6-7-15(13-16)18-11-4-5-12-19(18)35-24(28,29)30/h4-8,11-13,17,21H,1-3,9-10,14H2,(H,31,32). The Labute approximate surface area is 207 Å². The zero-order chi connectivity index (χ0) is 25.9. The Balaban J connectivity index is 1.66. The number of carbonyl (C=O) groups is 1. The largest absolute Gasteiger partial charge is 0.573 e. The van der Waals surface area contributed by atoms with Crippen LogP contribution in [-0.4, -0.2) is 46.5 Å². The van der Waals surface area contributed by atoms with Crippen molar-refractivity contribution in [3.63, 3.8) is 0 Å². The molecule has 36 heavy (non-hydrogen) atoms. The van der Waals surface area contributed by atoms with Gasteiger partial charge in [0.2, 0.25) is 0 Å². The molecule has 0 saturated heterocycles. The molecular formula is C24H23F6N3O2S. The average molecular weight is 532 g/mol. The lowest BCUT2D eigenvalue weighted by molar-refractivity contribution is -0.274. The summed E-state index contributed by atoms with van der Waals surface area (Å²) in [5.41, 5.74) is 0.806. The summed E-state index contributed by atoms with van der Waals surface area (Å²) in [5, 5.41) is 6.46. The van der Waals surface area contributed by atoms with E-state index in [1.807, 2.05) is 0 Å². The minimum Gasteiger partial charge on any atom is -0.405 e. The minimum atomic E-state index is -4.90. The third kappa shape index (κ3) is 6.86. The third-order valence-electron chi connectivity index (χ3n) is 5.74. The van der Waals surface area contributed by atoms with E-state index in [-0.39, 0.29) is 16.6 Å². The summed E-state index contributed by atoms with van der Waals surface area (Å²) >= 11 is 1.29. The van der Waals surface area contributed by atoms with Crippen molar-refractivity contribution in [1.82, 2.24) is 10.3 Å². The lowest BCUT2D eigenvalue weighted by atomic mass is 10.0. The van der Waals surface area contributed by atoms with E-state index < -0.39 is 36.1 Å². The Hall–Kier alpha value is -2.89. The molecule has 1 saturated carbocycles. The van der Waals surface area contributed by atoms with Gasteiger partial charge in [0.15, 0.2) is 11.2 Å². The fraction of sp³-hybridized carbons (Fsp3) is 0.417. The second-order valence-electron chi connectivity index (χ2n) is 8.50. The van der Waals surface area contributed by atoms with E-state index in [1.165, 1.54) is 36.0 Å². The molecular weight excluding hydrogens is 508 g/mol. The van der Waals surface area contributed by atoms with Gasteiger partial charge in [-0.15, -0.1) is 24.9 Å². The van der Waals surface area contributed by atoms with Gasteiger partial charge >= 0.3 is 12.5 Å². The first kappa shape index (κ1) is 26.2. The molecule has 1 amide bonds. The summed E-state index contributed by atoms with van der Waals surface area (Å²) in [4.78, 5) is 12.8. The SMILES string of the molecule is O=C1C(SC2CCCCC2)NC(c2cccc(-c3ccccc3OC(F)(F)F)c2)=NN1CC(F)(F)F. The van der Waals surface area contributed by atoms with Crippen molar-refractivity contribution in [2.24, 2.45) is 5.10 Å². The summed E-state index contributed by atoms with van der Waals surface area (Å²) in [7, 11) is 0. The Morgan fingerprint density at radius 2 is 1.67 bits per heavy atom. The van der Waals surface area contributed by atoms with Crippen LogP contribution in [0.25, 0.3) is 11.1 Å². The number of hydrazone groups is 1. The summed E-state index contributed by atoms with van der Waals surface area (Å²) < 4.78 is 82.4. The number of alkyl halides is 6. The number of carbonyl (C=O) groups excluding carboxylic acids is 1. The molecule has 0 spiro atoms. The van der Waals surface area contributed by atoms with Gasteiger partial charge in [-0.1, -0.05) is 55.7 Å². The lowest BCUT2D eigenvalue weighted by Gasteiger charge is -2.33. The van der Waals surface area contributed by atoms with Gasteiger partial charge in [-0.25, -0.2) is 5.01 Å². The first-order valence-corrected chi connectivity index (χ1v) is 12.3. The van der Waals surface area contributed by atoms with Crippen LogP contribution in [-0.2, 0) is 4.79 Å². The van der Waals surface area contributed by atoms with Gasteiger partial charge in [0.25, 0.3) is 5.91 Å². The average Bonchev–Trinajstić information content (AvgIpc) is 2.81. The number of para-hydroxylation sites is 1. The van der Waals surface area contributed by atoms with Gasteiger partial charge < -0.3 is 10.1 Å². The fourth-order valence-electron chi connectivity index (χ4n) is 4.18. The van der Waals surface area contributed by atoms with Gasteiger partial charge in [0.1, 0.15) is 12.3 Å². The first-order valence-electron chi connectivity index (χ1n) is 11.3. The molecule has 1 fully saturated rings. The molecule has 1 atom stereocenters. The third-order valence-corrected chi connectivity index (χ3v) is 7.18. The van der Waals surface area contributed by atoms with Gasteiger partial charge in [0, 0.05) is 16.4 Å². The number of hydrogen-bond donors (Lipinski definition) is 1. The maximum Gasteiger partial charge on any atom is 0.573 e. The van der Waals surface area contributed by atoms with Crippen LogP contribution < -0.4 is 10.1 Å². The molecule has 4 rings (SSSR count). The van der Waals surface area contributed by atoms with Gasteiger partial charge in [-0.3, -0.25) is 4.79 Å². The molecule has 0 bridgehead atoms. The summed E-state index contributed by atoms with van der Waals surface area (Å²) in [6.07, 6.45) is -4.74. The highest BCUT2D eigenvalue weighted by atomic mass is 32.2. The highest BCUT2D eigenvalue weighted by Gasteiger charge is 2.40. The first-order chi connectivity index (χ1) is 17.0. The molecule has 1 unspecified atom stereocenters. The van der Waals surface area contributed by atoms with E-state index >= 15 is 0 Å². The monoisotopic (exact) mass is 531 g/mol. The lowest BCUT2D eigenvalue weighted by Crippen LogP contribution is -2.53. The summed E-state index contributed by atoms with van der Waals surface area (Å²) in [5.74, 6) is -1.17. The van der Waals surface area contributed by atoms with E-state index in [9.17, 15) is 31.1 Å².